The van der Waals surface area contributed by atoms with Crippen molar-refractivity contribution in [1.29, 1.82) is 0 Å². The zero-order valence-electron chi connectivity index (χ0n) is 11.1. The summed E-state index contributed by atoms with van der Waals surface area (Å²) in [5.41, 5.74) is 9.54. The highest BCUT2D eigenvalue weighted by Gasteiger charge is 2.21. The Kier molecular flexibility index (Phi) is 3.98. The smallest absolute Gasteiger partial charge is 0.127 e. The maximum atomic E-state index is 5.78. The van der Waals surface area contributed by atoms with Gasteiger partial charge >= 0.3 is 0 Å². The van der Waals surface area contributed by atoms with E-state index in [9.17, 15) is 0 Å². The van der Waals surface area contributed by atoms with E-state index in [1.165, 1.54) is 11.1 Å². The average Bonchev–Trinajstić information content (AvgIpc) is 2.25. The van der Waals surface area contributed by atoms with Gasteiger partial charge in [0.2, 0.25) is 0 Å². The molecule has 1 aromatic carbocycles. The molecule has 0 spiro atoms. The Labute approximate surface area is 98.8 Å². The molecule has 0 aromatic heterocycles. The number of rotatable bonds is 3. The number of methoxy groups -OCH3 is 1. The van der Waals surface area contributed by atoms with E-state index in [4.69, 9.17) is 10.5 Å². The highest BCUT2D eigenvalue weighted by Crippen LogP contribution is 2.35. The van der Waals surface area contributed by atoms with Crippen molar-refractivity contribution < 1.29 is 4.74 Å². The zero-order valence-corrected chi connectivity index (χ0v) is 11.1. The Hall–Kier alpha value is -1.02. The molecule has 2 N–H and O–H groups in total. The quantitative estimate of drug-likeness (QED) is 0.851. The summed E-state index contributed by atoms with van der Waals surface area (Å²) in [4.78, 5) is 0. The van der Waals surface area contributed by atoms with Gasteiger partial charge in [-0.05, 0) is 17.4 Å². The second-order valence-corrected chi connectivity index (χ2v) is 5.14. The standard InChI is InChI=1S/C14H23NO/c1-6-10-7-11(9-15)13(16-5)12(8-10)14(2,3)4/h7-8H,6,9,15H2,1-5H3. The maximum absolute atomic E-state index is 5.78. The Balaban J connectivity index is 3.43. The van der Waals surface area contributed by atoms with E-state index < -0.39 is 0 Å². The fourth-order valence-corrected chi connectivity index (χ4v) is 1.91. The molecule has 0 heterocycles. The van der Waals surface area contributed by atoms with Crippen LogP contribution in [-0.4, -0.2) is 7.11 Å². The van der Waals surface area contributed by atoms with E-state index in [0.29, 0.717) is 6.54 Å². The third-order valence-corrected chi connectivity index (χ3v) is 2.87. The Bertz CT molecular complexity index is 364. The number of hydrogen-bond acceptors (Lipinski definition) is 2. The average molecular weight is 221 g/mol. The molecule has 2 nitrogen and oxygen atoms in total. The molecular formula is C14H23NO. The van der Waals surface area contributed by atoms with Gasteiger partial charge in [0.1, 0.15) is 5.75 Å². The molecule has 16 heavy (non-hydrogen) atoms. The molecule has 0 amide bonds. The second kappa shape index (κ2) is 4.88. The molecule has 0 aliphatic rings. The second-order valence-electron chi connectivity index (χ2n) is 5.14. The fourth-order valence-electron chi connectivity index (χ4n) is 1.91. The number of nitrogens with two attached hydrogens (primary N) is 1. The predicted octanol–water partition coefficient (Wildman–Crippen LogP) is 3.01. The molecule has 2 heteroatoms. The molecule has 0 saturated heterocycles. The van der Waals surface area contributed by atoms with E-state index in [-0.39, 0.29) is 5.41 Å². The summed E-state index contributed by atoms with van der Waals surface area (Å²) in [5.74, 6) is 0.951. The van der Waals surface area contributed by atoms with Crippen LogP contribution >= 0.6 is 0 Å². The lowest BCUT2D eigenvalue weighted by molar-refractivity contribution is 0.392. The highest BCUT2D eigenvalue weighted by molar-refractivity contribution is 5.48. The molecule has 1 rings (SSSR count). The molecule has 0 aliphatic carbocycles. The monoisotopic (exact) mass is 221 g/mol. The van der Waals surface area contributed by atoms with Gasteiger partial charge in [0.15, 0.2) is 0 Å². The third-order valence-electron chi connectivity index (χ3n) is 2.87. The van der Waals surface area contributed by atoms with Crippen LogP contribution in [0.3, 0.4) is 0 Å². The third kappa shape index (κ3) is 2.56. The lowest BCUT2D eigenvalue weighted by atomic mass is 9.83. The van der Waals surface area contributed by atoms with E-state index in [0.717, 1.165) is 17.7 Å². The van der Waals surface area contributed by atoms with Crippen molar-refractivity contribution in [2.75, 3.05) is 7.11 Å². The molecule has 0 bridgehead atoms. The van der Waals surface area contributed by atoms with Crippen LogP contribution in [0.25, 0.3) is 0 Å². The SMILES string of the molecule is CCc1cc(CN)c(OC)c(C(C)(C)C)c1. The number of hydrogen-bond donors (Lipinski definition) is 1. The van der Waals surface area contributed by atoms with Crippen molar-refractivity contribution in [3.8, 4) is 5.75 Å². The molecule has 90 valence electrons. The summed E-state index contributed by atoms with van der Waals surface area (Å²) < 4.78 is 5.51. The molecular weight excluding hydrogens is 198 g/mol. The van der Waals surface area contributed by atoms with Crippen LogP contribution in [0.5, 0.6) is 5.75 Å². The molecule has 0 aliphatic heterocycles. The lowest BCUT2D eigenvalue weighted by Gasteiger charge is -2.25. The van der Waals surface area contributed by atoms with E-state index in [2.05, 4.69) is 39.8 Å². The van der Waals surface area contributed by atoms with Crippen LogP contribution in [-0.2, 0) is 18.4 Å². The van der Waals surface area contributed by atoms with Gasteiger partial charge in [0.25, 0.3) is 0 Å². The van der Waals surface area contributed by atoms with Crippen LogP contribution in [0.2, 0.25) is 0 Å². The van der Waals surface area contributed by atoms with E-state index in [1.807, 2.05) is 0 Å². The van der Waals surface area contributed by atoms with Crippen molar-refractivity contribution in [1.82, 2.24) is 0 Å². The van der Waals surface area contributed by atoms with Crippen LogP contribution in [0, 0.1) is 0 Å². The summed E-state index contributed by atoms with van der Waals surface area (Å²) >= 11 is 0. The number of benzene rings is 1. The van der Waals surface area contributed by atoms with Crippen molar-refractivity contribution in [2.24, 2.45) is 5.73 Å². The minimum Gasteiger partial charge on any atom is -0.496 e. The van der Waals surface area contributed by atoms with Gasteiger partial charge in [0.05, 0.1) is 7.11 Å². The molecule has 0 saturated carbocycles. The van der Waals surface area contributed by atoms with Gasteiger partial charge < -0.3 is 10.5 Å². The first-order valence-electron chi connectivity index (χ1n) is 5.84. The van der Waals surface area contributed by atoms with Gasteiger partial charge in [-0.3, -0.25) is 0 Å². The van der Waals surface area contributed by atoms with Gasteiger partial charge in [-0.2, -0.15) is 0 Å². The minimum absolute atomic E-state index is 0.0838. The summed E-state index contributed by atoms with van der Waals surface area (Å²) in [6.07, 6.45) is 1.03. The normalized spacial score (nSPS) is 11.6. The predicted molar refractivity (Wildman–Crippen MR) is 69.0 cm³/mol. The fraction of sp³-hybridized carbons (Fsp3) is 0.571. The van der Waals surface area contributed by atoms with Crippen LogP contribution in [0.15, 0.2) is 12.1 Å². The highest BCUT2D eigenvalue weighted by atomic mass is 16.5. The van der Waals surface area contributed by atoms with Gasteiger partial charge in [-0.25, -0.2) is 0 Å². The lowest BCUT2D eigenvalue weighted by Crippen LogP contribution is -2.15. The Morgan fingerprint density at radius 1 is 1.25 bits per heavy atom. The van der Waals surface area contributed by atoms with Gasteiger partial charge in [-0.15, -0.1) is 0 Å². The molecule has 0 radical (unpaired) electrons. The van der Waals surface area contributed by atoms with Gasteiger partial charge in [0, 0.05) is 17.7 Å². The largest absolute Gasteiger partial charge is 0.496 e. The van der Waals surface area contributed by atoms with Crippen molar-refractivity contribution in [2.45, 2.75) is 46.1 Å². The summed E-state index contributed by atoms with van der Waals surface area (Å²) in [7, 11) is 1.72. The first-order chi connectivity index (χ1) is 7.43. The van der Waals surface area contributed by atoms with E-state index >= 15 is 0 Å². The Morgan fingerprint density at radius 2 is 1.88 bits per heavy atom. The zero-order chi connectivity index (χ0) is 12.3. The molecule has 0 unspecified atom stereocenters. The topological polar surface area (TPSA) is 35.2 Å². The van der Waals surface area contributed by atoms with Crippen molar-refractivity contribution in [3.63, 3.8) is 0 Å². The van der Waals surface area contributed by atoms with E-state index in [1.54, 1.807) is 7.11 Å². The Morgan fingerprint density at radius 3 is 2.25 bits per heavy atom. The molecule has 0 atom stereocenters. The van der Waals surface area contributed by atoms with Crippen LogP contribution < -0.4 is 10.5 Å². The molecule has 0 fully saturated rings. The summed E-state index contributed by atoms with van der Waals surface area (Å²) in [6, 6.07) is 4.38. The van der Waals surface area contributed by atoms with Crippen LogP contribution in [0.4, 0.5) is 0 Å². The summed E-state index contributed by atoms with van der Waals surface area (Å²) in [5, 5.41) is 0. The van der Waals surface area contributed by atoms with Crippen LogP contribution in [0.1, 0.15) is 44.4 Å². The summed E-state index contributed by atoms with van der Waals surface area (Å²) in [6.45, 7) is 9.29. The first kappa shape index (κ1) is 13.0. The van der Waals surface area contributed by atoms with Crippen molar-refractivity contribution >= 4 is 0 Å². The maximum Gasteiger partial charge on any atom is 0.127 e. The number of ether oxygens (including phenoxy) is 1. The number of aryl methyl sites for hydroxylation is 1. The van der Waals surface area contributed by atoms with Crippen molar-refractivity contribution in [3.05, 3.63) is 28.8 Å². The first-order valence-corrected chi connectivity index (χ1v) is 5.84. The minimum atomic E-state index is 0.0838. The molecule has 1 aromatic rings. The van der Waals surface area contributed by atoms with Gasteiger partial charge in [-0.1, -0.05) is 39.8 Å².